The van der Waals surface area contributed by atoms with Gasteiger partial charge in [0.2, 0.25) is 5.91 Å². The van der Waals surface area contributed by atoms with Gasteiger partial charge in [-0.15, -0.1) is 0 Å². The van der Waals surface area contributed by atoms with Gasteiger partial charge in [-0.2, -0.15) is 5.10 Å². The van der Waals surface area contributed by atoms with Crippen LogP contribution in [-0.4, -0.2) is 41.7 Å². The fourth-order valence-corrected chi connectivity index (χ4v) is 1.63. The summed E-state index contributed by atoms with van der Waals surface area (Å²) in [5.74, 6) is -2.14. The average molecular weight is 320 g/mol. The largest absolute Gasteiger partial charge is 0.395 e. The second-order valence-electron chi connectivity index (χ2n) is 4.81. The monoisotopic (exact) mass is 320 g/mol. The Labute approximate surface area is 134 Å². The Morgan fingerprint density at radius 3 is 2.52 bits per heavy atom. The molecule has 0 spiro atoms. The first-order valence-electron chi connectivity index (χ1n) is 7.01. The van der Waals surface area contributed by atoms with Crippen molar-refractivity contribution in [1.29, 1.82) is 0 Å². The number of aliphatic hydroxyl groups excluding tert-OH is 1. The lowest BCUT2D eigenvalue weighted by Gasteiger charge is -2.08. The van der Waals surface area contributed by atoms with Crippen LogP contribution in [0.3, 0.4) is 0 Å². The third kappa shape index (κ3) is 6.70. The number of benzene rings is 1. The van der Waals surface area contributed by atoms with Crippen LogP contribution in [0.5, 0.6) is 0 Å². The van der Waals surface area contributed by atoms with E-state index in [1.807, 2.05) is 30.5 Å². The fourth-order valence-electron chi connectivity index (χ4n) is 1.63. The molecule has 4 N–H and O–H groups in total. The maximum absolute atomic E-state index is 11.9. The molecule has 3 amide bonds. The molecule has 0 fully saturated rings. The second kappa shape index (κ2) is 9.31. The van der Waals surface area contributed by atoms with Crippen LogP contribution in [-0.2, 0) is 14.4 Å². The van der Waals surface area contributed by atoms with E-state index >= 15 is 0 Å². The third-order valence-electron chi connectivity index (χ3n) is 2.79. The molecule has 0 saturated heterocycles. The minimum atomic E-state index is -0.961. The molecule has 0 radical (unpaired) electrons. The minimum absolute atomic E-state index is 0.0201. The first kappa shape index (κ1) is 18.3. The summed E-state index contributed by atoms with van der Waals surface area (Å²) < 4.78 is 0. The number of carbonyl (C=O) groups is 3. The zero-order valence-electron chi connectivity index (χ0n) is 13.0. The molecule has 1 aromatic carbocycles. The molecular weight excluding hydrogens is 300 g/mol. The lowest BCUT2D eigenvalue weighted by Crippen LogP contribution is -2.39. The number of nitrogens with one attached hydrogen (secondary N) is 3. The van der Waals surface area contributed by atoms with Crippen LogP contribution in [0.25, 0.3) is 0 Å². The highest BCUT2D eigenvalue weighted by molar-refractivity contribution is 6.35. The molecule has 0 aliphatic carbocycles. The van der Waals surface area contributed by atoms with Gasteiger partial charge in [0, 0.05) is 17.9 Å². The van der Waals surface area contributed by atoms with E-state index in [1.54, 1.807) is 13.0 Å². The van der Waals surface area contributed by atoms with Gasteiger partial charge < -0.3 is 15.7 Å². The van der Waals surface area contributed by atoms with Gasteiger partial charge in [-0.1, -0.05) is 18.2 Å². The van der Waals surface area contributed by atoms with E-state index in [4.69, 9.17) is 5.11 Å². The highest BCUT2D eigenvalue weighted by Gasteiger charge is 2.12. The number of anilines is 1. The lowest BCUT2D eigenvalue weighted by atomic mass is 10.2. The molecule has 0 bridgehead atoms. The summed E-state index contributed by atoms with van der Waals surface area (Å²) in [6.45, 7) is 3.15. The summed E-state index contributed by atoms with van der Waals surface area (Å²) in [5.41, 5.74) is 4.03. The molecule has 0 aliphatic rings. The highest BCUT2D eigenvalue weighted by atomic mass is 16.3. The Morgan fingerprint density at radius 1 is 1.17 bits per heavy atom. The van der Waals surface area contributed by atoms with Crippen molar-refractivity contribution in [3.8, 4) is 0 Å². The Morgan fingerprint density at radius 2 is 1.87 bits per heavy atom. The number of carbonyl (C=O) groups excluding carboxylic acids is 3. The van der Waals surface area contributed by atoms with Crippen LogP contribution in [0.4, 0.5) is 5.69 Å². The first-order chi connectivity index (χ1) is 10.9. The van der Waals surface area contributed by atoms with Crippen LogP contribution in [0, 0.1) is 6.92 Å². The number of amides is 3. The maximum atomic E-state index is 11.9. The van der Waals surface area contributed by atoms with Gasteiger partial charge >= 0.3 is 11.8 Å². The van der Waals surface area contributed by atoms with Gasteiger partial charge in [-0.25, -0.2) is 5.43 Å². The number of hydrazone groups is 1. The van der Waals surface area contributed by atoms with Crippen molar-refractivity contribution in [3.63, 3.8) is 0 Å². The molecule has 8 nitrogen and oxygen atoms in total. The van der Waals surface area contributed by atoms with Crippen LogP contribution < -0.4 is 16.1 Å². The number of aliphatic hydroxyl groups is 1. The normalized spacial score (nSPS) is 10.8. The summed E-state index contributed by atoms with van der Waals surface area (Å²) in [4.78, 5) is 34.5. The SMILES string of the molecule is C/C(CC(=O)Nc1ccccc1C)=N/NC(=O)C(=O)NCCO. The zero-order chi connectivity index (χ0) is 17.2. The minimum Gasteiger partial charge on any atom is -0.395 e. The van der Waals surface area contributed by atoms with Crippen LogP contribution >= 0.6 is 0 Å². The van der Waals surface area contributed by atoms with E-state index in [2.05, 4.69) is 15.7 Å². The van der Waals surface area contributed by atoms with Gasteiger partial charge in [-0.05, 0) is 25.5 Å². The van der Waals surface area contributed by atoms with Crippen molar-refractivity contribution in [3.05, 3.63) is 29.8 Å². The molecule has 8 heteroatoms. The van der Waals surface area contributed by atoms with Gasteiger partial charge in [0.15, 0.2) is 0 Å². The molecule has 1 aromatic rings. The molecule has 23 heavy (non-hydrogen) atoms. The number of nitrogens with zero attached hydrogens (tertiary/aromatic N) is 1. The highest BCUT2D eigenvalue weighted by Crippen LogP contribution is 2.13. The summed E-state index contributed by atoms with van der Waals surface area (Å²) >= 11 is 0. The lowest BCUT2D eigenvalue weighted by molar-refractivity contribution is -0.139. The zero-order valence-corrected chi connectivity index (χ0v) is 13.0. The van der Waals surface area contributed by atoms with Gasteiger partial charge in [0.1, 0.15) is 0 Å². The standard InChI is InChI=1S/C15H20N4O4/c1-10-5-3-4-6-12(10)17-13(21)9-11(2)18-19-15(23)14(22)16-7-8-20/h3-6,20H,7-9H2,1-2H3,(H,16,22)(H,17,21)(H,19,23)/b18-11-. The van der Waals surface area contributed by atoms with E-state index in [1.165, 1.54) is 0 Å². The molecule has 0 heterocycles. The molecule has 0 aliphatic heterocycles. The molecule has 0 saturated carbocycles. The molecule has 0 unspecified atom stereocenters. The van der Waals surface area contributed by atoms with Gasteiger partial charge in [-0.3, -0.25) is 14.4 Å². The topological polar surface area (TPSA) is 120 Å². The predicted molar refractivity (Wildman–Crippen MR) is 85.8 cm³/mol. The Kier molecular flexibility index (Phi) is 7.41. The molecule has 124 valence electrons. The van der Waals surface area contributed by atoms with Crippen molar-refractivity contribution in [1.82, 2.24) is 10.7 Å². The quantitative estimate of drug-likeness (QED) is 0.333. The van der Waals surface area contributed by atoms with E-state index in [-0.39, 0.29) is 25.5 Å². The molecule has 1 rings (SSSR count). The smallest absolute Gasteiger partial charge is 0.329 e. The van der Waals surface area contributed by atoms with Crippen molar-refractivity contribution in [2.75, 3.05) is 18.5 Å². The van der Waals surface area contributed by atoms with E-state index in [0.29, 0.717) is 11.4 Å². The summed E-state index contributed by atoms with van der Waals surface area (Å²) in [6, 6.07) is 7.35. The predicted octanol–water partition coefficient (Wildman–Crippen LogP) is -0.0758. The third-order valence-corrected chi connectivity index (χ3v) is 2.79. The van der Waals surface area contributed by atoms with Gasteiger partial charge in [0.25, 0.3) is 0 Å². The summed E-state index contributed by atoms with van der Waals surface area (Å²) in [6.07, 6.45) is -0.0210. The van der Waals surface area contributed by atoms with Crippen LogP contribution in [0.15, 0.2) is 29.4 Å². The summed E-state index contributed by atoms with van der Waals surface area (Å²) in [7, 11) is 0. The fraction of sp³-hybridized carbons (Fsp3) is 0.333. The van der Waals surface area contributed by atoms with E-state index in [0.717, 1.165) is 5.56 Å². The van der Waals surface area contributed by atoms with Gasteiger partial charge in [0.05, 0.1) is 13.0 Å². The number of hydrogen-bond donors (Lipinski definition) is 4. The van der Waals surface area contributed by atoms with Crippen LogP contribution in [0.1, 0.15) is 18.9 Å². The second-order valence-corrected chi connectivity index (χ2v) is 4.81. The summed E-state index contributed by atoms with van der Waals surface area (Å²) in [5, 5.41) is 17.2. The number of aryl methyl sites for hydroxylation is 1. The van der Waals surface area contributed by atoms with Crippen molar-refractivity contribution >= 4 is 29.1 Å². The molecule has 0 aromatic heterocycles. The van der Waals surface area contributed by atoms with E-state index < -0.39 is 11.8 Å². The maximum Gasteiger partial charge on any atom is 0.329 e. The average Bonchev–Trinajstić information content (AvgIpc) is 2.52. The van der Waals surface area contributed by atoms with Crippen molar-refractivity contribution < 1.29 is 19.5 Å². The Bertz CT molecular complexity index is 613. The van der Waals surface area contributed by atoms with Crippen molar-refractivity contribution in [2.24, 2.45) is 5.10 Å². The Hall–Kier alpha value is -2.74. The van der Waals surface area contributed by atoms with E-state index in [9.17, 15) is 14.4 Å². The molecular formula is C15H20N4O4. The molecule has 0 atom stereocenters. The van der Waals surface area contributed by atoms with Crippen molar-refractivity contribution in [2.45, 2.75) is 20.3 Å². The number of para-hydroxylation sites is 1. The Balaban J connectivity index is 2.47. The number of hydrogen-bond acceptors (Lipinski definition) is 5. The van der Waals surface area contributed by atoms with Crippen LogP contribution in [0.2, 0.25) is 0 Å². The number of rotatable bonds is 6. The first-order valence-corrected chi connectivity index (χ1v) is 7.01.